The van der Waals surface area contributed by atoms with E-state index in [9.17, 15) is 0 Å². The molecule has 0 amide bonds. The van der Waals surface area contributed by atoms with E-state index in [0.717, 1.165) is 66.5 Å². The van der Waals surface area contributed by atoms with E-state index >= 15 is 0 Å². The van der Waals surface area contributed by atoms with Gasteiger partial charge in [-0.05, 0) is 49.9 Å². The second-order valence-corrected chi connectivity index (χ2v) is 7.23. The fraction of sp³-hybridized carbons (Fsp3) is 0.409. The molecule has 0 bridgehead atoms. The number of furan rings is 1. The van der Waals surface area contributed by atoms with Gasteiger partial charge in [-0.3, -0.25) is 0 Å². The first-order valence-electron chi connectivity index (χ1n) is 9.91. The van der Waals surface area contributed by atoms with Crippen LogP contribution in [0.3, 0.4) is 0 Å². The van der Waals surface area contributed by atoms with E-state index in [1.807, 2.05) is 37.3 Å². The average Bonchev–Trinajstić information content (AvgIpc) is 3.22. The number of aromatic nitrogens is 1. The molecule has 1 saturated heterocycles. The second-order valence-electron chi connectivity index (χ2n) is 7.23. The lowest BCUT2D eigenvalue weighted by atomic mass is 10.1. The third kappa shape index (κ3) is 5.19. The minimum absolute atomic E-state index is 0. The van der Waals surface area contributed by atoms with Crippen LogP contribution in [0.15, 0.2) is 47.1 Å². The maximum atomic E-state index is 9.14. The van der Waals surface area contributed by atoms with E-state index in [4.69, 9.17) is 19.2 Å². The molecule has 1 N–H and O–H groups in total. The predicted octanol–water partition coefficient (Wildman–Crippen LogP) is 4.24. The van der Waals surface area contributed by atoms with Crippen molar-refractivity contribution in [1.82, 2.24) is 9.88 Å². The number of likely N-dealkylation sites (N-methyl/N-ethyl adjacent to an activating group) is 1. The number of ether oxygens (including phenoxy) is 1. The highest BCUT2D eigenvalue weighted by molar-refractivity contribution is 5.90. The van der Waals surface area contributed by atoms with Gasteiger partial charge in [0.05, 0.1) is 18.6 Å². The van der Waals surface area contributed by atoms with Crippen LogP contribution < -0.4 is 9.64 Å². The van der Waals surface area contributed by atoms with Crippen LogP contribution in [0.1, 0.15) is 13.8 Å². The van der Waals surface area contributed by atoms with Gasteiger partial charge >= 0.3 is 0 Å². The summed E-state index contributed by atoms with van der Waals surface area (Å²) in [5.41, 5.74) is 2.80. The zero-order chi connectivity index (χ0) is 19.5. The predicted molar refractivity (Wildman–Crippen MR) is 125 cm³/mol. The normalized spacial score (nSPS) is 15.4. The number of aliphatic hydroxyl groups excluding tert-OH is 1. The van der Waals surface area contributed by atoms with Crippen LogP contribution in [0.4, 0.5) is 5.82 Å². The molecule has 1 aromatic carbocycles. The first kappa shape index (κ1) is 24.3. The lowest BCUT2D eigenvalue weighted by Crippen LogP contribution is -2.46. The monoisotopic (exact) mass is 453 g/mol. The molecule has 3 heterocycles. The van der Waals surface area contributed by atoms with Crippen molar-refractivity contribution >= 4 is 41.6 Å². The number of benzene rings is 1. The molecule has 1 aliphatic heterocycles. The van der Waals surface area contributed by atoms with Crippen LogP contribution in [0.2, 0.25) is 0 Å². The minimum atomic E-state index is -0.223. The topological polar surface area (TPSA) is 62.0 Å². The SMILES string of the molecule is CCN1CCN(c2nc(-c3ccc(O[C@H](C)CO)cc3)cc3ccoc23)CC1.Cl.Cl. The second kappa shape index (κ2) is 10.9. The Balaban J connectivity index is 0.00000160. The Morgan fingerprint density at radius 2 is 1.80 bits per heavy atom. The van der Waals surface area contributed by atoms with Gasteiger partial charge in [0, 0.05) is 37.1 Å². The lowest BCUT2D eigenvalue weighted by molar-refractivity contribution is 0.130. The summed E-state index contributed by atoms with van der Waals surface area (Å²) in [6, 6.07) is 11.9. The molecule has 0 radical (unpaired) electrons. The molecule has 1 aliphatic rings. The summed E-state index contributed by atoms with van der Waals surface area (Å²) >= 11 is 0. The van der Waals surface area contributed by atoms with Crippen LogP contribution in [0, 0.1) is 0 Å². The summed E-state index contributed by atoms with van der Waals surface area (Å²) in [5, 5.41) is 10.2. The van der Waals surface area contributed by atoms with Crippen molar-refractivity contribution in [2.45, 2.75) is 20.0 Å². The van der Waals surface area contributed by atoms with Crippen LogP contribution >= 0.6 is 24.8 Å². The van der Waals surface area contributed by atoms with Gasteiger partial charge in [0.15, 0.2) is 11.4 Å². The zero-order valence-electron chi connectivity index (χ0n) is 17.3. The number of halogens is 2. The van der Waals surface area contributed by atoms with Crippen molar-refractivity contribution in [3.05, 3.63) is 42.7 Å². The van der Waals surface area contributed by atoms with Gasteiger partial charge in [-0.15, -0.1) is 24.8 Å². The number of fused-ring (bicyclic) bond motifs is 1. The number of piperazine rings is 1. The first-order valence-corrected chi connectivity index (χ1v) is 9.91. The molecule has 2 aromatic heterocycles. The summed E-state index contributed by atoms with van der Waals surface area (Å²) in [5.74, 6) is 1.66. The molecule has 0 spiro atoms. The fourth-order valence-electron chi connectivity index (χ4n) is 3.57. The number of rotatable bonds is 6. The Kier molecular flexibility index (Phi) is 8.79. The lowest BCUT2D eigenvalue weighted by Gasteiger charge is -2.34. The van der Waals surface area contributed by atoms with Crippen molar-refractivity contribution in [2.75, 3.05) is 44.2 Å². The maximum absolute atomic E-state index is 9.14. The largest absolute Gasteiger partial charge is 0.488 e. The van der Waals surface area contributed by atoms with Gasteiger partial charge in [-0.1, -0.05) is 6.92 Å². The molecule has 0 saturated carbocycles. The van der Waals surface area contributed by atoms with Crippen molar-refractivity contribution in [1.29, 1.82) is 0 Å². The van der Waals surface area contributed by atoms with Crippen molar-refractivity contribution < 1.29 is 14.3 Å². The van der Waals surface area contributed by atoms with Gasteiger partial charge < -0.3 is 24.1 Å². The van der Waals surface area contributed by atoms with Crippen LogP contribution in [-0.4, -0.2) is 60.4 Å². The highest BCUT2D eigenvalue weighted by Crippen LogP contribution is 2.32. The molecule has 1 atom stereocenters. The highest BCUT2D eigenvalue weighted by Gasteiger charge is 2.21. The number of hydrogen-bond acceptors (Lipinski definition) is 6. The molecule has 164 valence electrons. The Labute approximate surface area is 189 Å². The summed E-state index contributed by atoms with van der Waals surface area (Å²) in [6.07, 6.45) is 1.51. The molecule has 6 nitrogen and oxygen atoms in total. The number of aliphatic hydroxyl groups is 1. The van der Waals surface area contributed by atoms with E-state index in [1.54, 1.807) is 6.26 Å². The maximum Gasteiger partial charge on any atom is 0.176 e. The van der Waals surface area contributed by atoms with Gasteiger partial charge in [0.1, 0.15) is 11.9 Å². The van der Waals surface area contributed by atoms with Gasteiger partial charge in [0.2, 0.25) is 0 Å². The van der Waals surface area contributed by atoms with E-state index in [0.29, 0.717) is 0 Å². The summed E-state index contributed by atoms with van der Waals surface area (Å²) in [7, 11) is 0. The van der Waals surface area contributed by atoms with E-state index in [1.165, 1.54) is 0 Å². The summed E-state index contributed by atoms with van der Waals surface area (Å²) in [6.45, 7) is 9.11. The number of anilines is 1. The molecule has 30 heavy (non-hydrogen) atoms. The molecule has 3 aromatic rings. The fourth-order valence-corrected chi connectivity index (χ4v) is 3.57. The summed E-state index contributed by atoms with van der Waals surface area (Å²) < 4.78 is 11.4. The Bertz CT molecular complexity index is 925. The third-order valence-electron chi connectivity index (χ3n) is 5.28. The van der Waals surface area contributed by atoms with E-state index in [-0.39, 0.29) is 37.5 Å². The molecular formula is C22H29Cl2N3O3. The Morgan fingerprint density at radius 3 is 2.43 bits per heavy atom. The van der Waals surface area contributed by atoms with Gasteiger partial charge in [-0.2, -0.15) is 0 Å². The smallest absolute Gasteiger partial charge is 0.176 e. The number of nitrogens with zero attached hydrogens (tertiary/aromatic N) is 3. The molecule has 8 heteroatoms. The average molecular weight is 454 g/mol. The Hall–Kier alpha value is -1.99. The third-order valence-corrected chi connectivity index (χ3v) is 5.28. The van der Waals surface area contributed by atoms with Gasteiger partial charge in [-0.25, -0.2) is 4.98 Å². The van der Waals surface area contributed by atoms with E-state index < -0.39 is 0 Å². The molecule has 0 unspecified atom stereocenters. The highest BCUT2D eigenvalue weighted by atomic mass is 35.5. The van der Waals surface area contributed by atoms with Crippen molar-refractivity contribution in [2.24, 2.45) is 0 Å². The number of hydrogen-bond donors (Lipinski definition) is 1. The first-order chi connectivity index (χ1) is 13.7. The summed E-state index contributed by atoms with van der Waals surface area (Å²) in [4.78, 5) is 9.73. The standard InChI is InChI=1S/C22H27N3O3.2ClH/c1-3-24-9-11-25(12-10-24)22-21-18(8-13-27-21)14-20(23-22)17-4-6-19(7-5-17)28-16(2)15-26;;/h4-8,13-14,16,26H,3,9-12,15H2,1-2H3;2*1H/t16-;;/m1../s1. The number of pyridine rings is 1. The van der Waals surface area contributed by atoms with Gasteiger partial charge in [0.25, 0.3) is 0 Å². The van der Waals surface area contributed by atoms with Crippen LogP contribution in [-0.2, 0) is 0 Å². The quantitative estimate of drug-likeness (QED) is 0.601. The molecular weight excluding hydrogens is 425 g/mol. The molecule has 4 rings (SSSR count). The van der Waals surface area contributed by atoms with Crippen LogP contribution in [0.5, 0.6) is 5.75 Å². The minimum Gasteiger partial charge on any atom is -0.488 e. The van der Waals surface area contributed by atoms with Crippen LogP contribution in [0.25, 0.3) is 22.2 Å². The Morgan fingerprint density at radius 1 is 1.10 bits per heavy atom. The van der Waals surface area contributed by atoms with Crippen molar-refractivity contribution in [3.63, 3.8) is 0 Å². The van der Waals surface area contributed by atoms with Crippen molar-refractivity contribution in [3.8, 4) is 17.0 Å². The zero-order valence-corrected chi connectivity index (χ0v) is 18.9. The molecule has 0 aliphatic carbocycles. The molecule has 1 fully saturated rings. The van der Waals surface area contributed by atoms with E-state index in [2.05, 4.69) is 22.8 Å².